The molecule has 0 saturated heterocycles. The highest BCUT2D eigenvalue weighted by atomic mass is 35.5. The van der Waals surface area contributed by atoms with Crippen LogP contribution in [-0.4, -0.2) is 4.98 Å². The van der Waals surface area contributed by atoms with Crippen LogP contribution >= 0.6 is 11.6 Å². The molecular weight excluding hydrogens is 208 g/mol. The third kappa shape index (κ3) is 2.48. The molecule has 15 heavy (non-hydrogen) atoms. The molecular formula is C12H11ClN2. The number of pyridine rings is 1. The van der Waals surface area contributed by atoms with Gasteiger partial charge in [0.1, 0.15) is 0 Å². The van der Waals surface area contributed by atoms with Crippen molar-refractivity contribution in [2.24, 2.45) is 0 Å². The predicted octanol–water partition coefficient (Wildman–Crippen LogP) is 2.91. The molecule has 76 valence electrons. The van der Waals surface area contributed by atoms with E-state index >= 15 is 0 Å². The van der Waals surface area contributed by atoms with Gasteiger partial charge in [0.05, 0.1) is 0 Å². The first-order valence-corrected chi connectivity index (χ1v) is 5.07. The fourth-order valence-electron chi connectivity index (χ4n) is 1.40. The fraction of sp³-hybridized carbons (Fsp3) is 0.0833. The number of nitrogen functional groups attached to an aromatic ring is 1. The van der Waals surface area contributed by atoms with Crippen LogP contribution in [0.25, 0.3) is 0 Å². The van der Waals surface area contributed by atoms with Gasteiger partial charge >= 0.3 is 0 Å². The molecule has 0 atom stereocenters. The third-order valence-electron chi connectivity index (χ3n) is 2.17. The van der Waals surface area contributed by atoms with Crippen LogP contribution in [0, 0.1) is 0 Å². The van der Waals surface area contributed by atoms with Gasteiger partial charge in [-0.2, -0.15) is 0 Å². The maximum absolute atomic E-state index is 6.07. The zero-order valence-electron chi connectivity index (χ0n) is 8.15. The predicted molar refractivity (Wildman–Crippen MR) is 62.9 cm³/mol. The molecule has 0 aliphatic heterocycles. The number of aromatic nitrogens is 1. The number of hydrogen-bond donors (Lipinski definition) is 1. The lowest BCUT2D eigenvalue weighted by atomic mass is 10.1. The van der Waals surface area contributed by atoms with Crippen molar-refractivity contribution >= 4 is 17.3 Å². The van der Waals surface area contributed by atoms with Gasteiger partial charge in [0.15, 0.2) is 0 Å². The highest BCUT2D eigenvalue weighted by Crippen LogP contribution is 2.21. The van der Waals surface area contributed by atoms with E-state index in [1.807, 2.05) is 30.3 Å². The summed E-state index contributed by atoms with van der Waals surface area (Å²) in [6.07, 6.45) is 2.51. The Morgan fingerprint density at radius 3 is 2.73 bits per heavy atom. The number of rotatable bonds is 2. The summed E-state index contributed by atoms with van der Waals surface area (Å²) in [4.78, 5) is 4.25. The lowest BCUT2D eigenvalue weighted by Crippen LogP contribution is -1.93. The van der Waals surface area contributed by atoms with E-state index in [0.717, 1.165) is 17.7 Å². The molecule has 2 rings (SSSR count). The summed E-state index contributed by atoms with van der Waals surface area (Å²) >= 11 is 6.07. The first-order chi connectivity index (χ1) is 7.25. The van der Waals surface area contributed by atoms with Gasteiger partial charge in [-0.1, -0.05) is 23.7 Å². The molecule has 0 fully saturated rings. The second-order valence-corrected chi connectivity index (χ2v) is 3.76. The van der Waals surface area contributed by atoms with Crippen molar-refractivity contribution in [2.75, 3.05) is 5.73 Å². The molecule has 0 bridgehead atoms. The minimum Gasteiger partial charge on any atom is -0.399 e. The van der Waals surface area contributed by atoms with E-state index in [1.165, 1.54) is 0 Å². The Bertz CT molecular complexity index is 454. The van der Waals surface area contributed by atoms with Crippen LogP contribution in [0.2, 0.25) is 5.02 Å². The lowest BCUT2D eigenvalue weighted by Gasteiger charge is -2.04. The van der Waals surface area contributed by atoms with E-state index in [1.54, 1.807) is 12.3 Å². The fourth-order valence-corrected chi connectivity index (χ4v) is 1.66. The molecule has 2 N–H and O–H groups in total. The molecule has 0 aliphatic rings. The van der Waals surface area contributed by atoms with E-state index in [2.05, 4.69) is 4.98 Å². The minimum atomic E-state index is 0.685. The van der Waals surface area contributed by atoms with Crippen LogP contribution in [0.15, 0.2) is 42.6 Å². The molecule has 3 heteroatoms. The molecule has 0 saturated carbocycles. The second-order valence-electron chi connectivity index (χ2n) is 3.35. The van der Waals surface area contributed by atoms with Gasteiger partial charge in [0.2, 0.25) is 0 Å². The van der Waals surface area contributed by atoms with Crippen molar-refractivity contribution in [1.82, 2.24) is 4.98 Å². The van der Waals surface area contributed by atoms with Crippen LogP contribution in [0.3, 0.4) is 0 Å². The SMILES string of the molecule is Nc1ccc(Cc2ccccn2)c(Cl)c1. The standard InChI is InChI=1S/C12H11ClN2/c13-12-8-10(14)5-4-9(12)7-11-3-1-2-6-15-11/h1-6,8H,7,14H2. The van der Waals surface area contributed by atoms with Crippen molar-refractivity contribution in [3.8, 4) is 0 Å². The van der Waals surface area contributed by atoms with E-state index in [-0.39, 0.29) is 0 Å². The second kappa shape index (κ2) is 4.32. The molecule has 2 aromatic rings. The summed E-state index contributed by atoms with van der Waals surface area (Å²) < 4.78 is 0. The van der Waals surface area contributed by atoms with Crippen LogP contribution in [-0.2, 0) is 6.42 Å². The molecule has 0 spiro atoms. The van der Waals surface area contributed by atoms with Crippen LogP contribution in [0.5, 0.6) is 0 Å². The van der Waals surface area contributed by atoms with Gasteiger partial charge in [-0.25, -0.2) is 0 Å². The molecule has 0 radical (unpaired) electrons. The van der Waals surface area contributed by atoms with Gasteiger partial charge in [-0.15, -0.1) is 0 Å². The van der Waals surface area contributed by atoms with Gasteiger partial charge in [0.25, 0.3) is 0 Å². The van der Waals surface area contributed by atoms with Crippen LogP contribution in [0.1, 0.15) is 11.3 Å². The Balaban J connectivity index is 2.25. The molecule has 1 aromatic heterocycles. The number of halogens is 1. The Morgan fingerprint density at radius 1 is 1.20 bits per heavy atom. The Labute approximate surface area is 93.7 Å². The third-order valence-corrected chi connectivity index (χ3v) is 2.53. The number of anilines is 1. The topological polar surface area (TPSA) is 38.9 Å². The highest BCUT2D eigenvalue weighted by molar-refractivity contribution is 6.31. The first-order valence-electron chi connectivity index (χ1n) is 4.69. The monoisotopic (exact) mass is 218 g/mol. The first kappa shape index (κ1) is 9.99. The minimum absolute atomic E-state index is 0.685. The number of nitrogens with zero attached hydrogens (tertiary/aromatic N) is 1. The summed E-state index contributed by atoms with van der Waals surface area (Å²) in [5, 5.41) is 0.695. The molecule has 0 aliphatic carbocycles. The van der Waals surface area contributed by atoms with Gasteiger partial charge < -0.3 is 5.73 Å². The molecule has 1 heterocycles. The normalized spacial score (nSPS) is 10.2. The highest BCUT2D eigenvalue weighted by Gasteiger charge is 2.02. The van der Waals surface area contributed by atoms with Crippen molar-refractivity contribution in [3.05, 3.63) is 58.9 Å². The number of nitrogens with two attached hydrogens (primary N) is 1. The van der Waals surface area contributed by atoms with E-state index < -0.39 is 0 Å². The van der Waals surface area contributed by atoms with Crippen molar-refractivity contribution in [3.63, 3.8) is 0 Å². The van der Waals surface area contributed by atoms with Gasteiger partial charge in [-0.3, -0.25) is 4.98 Å². The average Bonchev–Trinajstić information content (AvgIpc) is 2.24. The maximum Gasteiger partial charge on any atom is 0.0462 e. The summed E-state index contributed by atoms with van der Waals surface area (Å²) in [6, 6.07) is 11.4. The summed E-state index contributed by atoms with van der Waals surface area (Å²) in [5.74, 6) is 0. The zero-order chi connectivity index (χ0) is 10.7. The number of hydrogen-bond acceptors (Lipinski definition) is 2. The molecule has 0 unspecified atom stereocenters. The average molecular weight is 219 g/mol. The Hall–Kier alpha value is -1.54. The van der Waals surface area contributed by atoms with Crippen molar-refractivity contribution in [1.29, 1.82) is 0 Å². The summed E-state index contributed by atoms with van der Waals surface area (Å²) in [5.41, 5.74) is 8.36. The number of benzene rings is 1. The van der Waals surface area contributed by atoms with E-state index in [0.29, 0.717) is 10.7 Å². The van der Waals surface area contributed by atoms with Crippen LogP contribution < -0.4 is 5.73 Å². The van der Waals surface area contributed by atoms with E-state index in [4.69, 9.17) is 17.3 Å². The Morgan fingerprint density at radius 2 is 2.07 bits per heavy atom. The van der Waals surface area contributed by atoms with Gasteiger partial charge in [0, 0.05) is 29.0 Å². The van der Waals surface area contributed by atoms with E-state index in [9.17, 15) is 0 Å². The molecule has 1 aromatic carbocycles. The van der Waals surface area contributed by atoms with Crippen molar-refractivity contribution in [2.45, 2.75) is 6.42 Å². The zero-order valence-corrected chi connectivity index (χ0v) is 8.91. The van der Waals surface area contributed by atoms with Crippen LogP contribution in [0.4, 0.5) is 5.69 Å². The summed E-state index contributed by atoms with van der Waals surface area (Å²) in [6.45, 7) is 0. The largest absolute Gasteiger partial charge is 0.399 e. The quantitative estimate of drug-likeness (QED) is 0.788. The summed E-state index contributed by atoms with van der Waals surface area (Å²) in [7, 11) is 0. The van der Waals surface area contributed by atoms with Gasteiger partial charge in [-0.05, 0) is 29.8 Å². The molecule has 0 amide bonds. The smallest absolute Gasteiger partial charge is 0.0462 e. The lowest BCUT2D eigenvalue weighted by molar-refractivity contribution is 1.07. The van der Waals surface area contributed by atoms with Crippen molar-refractivity contribution < 1.29 is 0 Å². The Kier molecular flexibility index (Phi) is 2.88. The maximum atomic E-state index is 6.07. The molecule has 2 nitrogen and oxygen atoms in total.